The Hall–Kier alpha value is 0.270. The van der Waals surface area contributed by atoms with Crippen LogP contribution >= 0.6 is 11.8 Å². The summed E-state index contributed by atoms with van der Waals surface area (Å²) in [6.45, 7) is 8.31. The van der Waals surface area contributed by atoms with Crippen molar-refractivity contribution < 1.29 is 0 Å². The van der Waals surface area contributed by atoms with Crippen molar-refractivity contribution in [1.82, 2.24) is 10.2 Å². The molecule has 3 atom stereocenters. The Labute approximate surface area is 131 Å². The van der Waals surface area contributed by atoms with E-state index in [9.17, 15) is 0 Å². The molecule has 0 bridgehead atoms. The van der Waals surface area contributed by atoms with Crippen LogP contribution in [0, 0.1) is 11.8 Å². The zero-order valence-electron chi connectivity index (χ0n) is 14.2. The predicted molar refractivity (Wildman–Crippen MR) is 93.7 cm³/mol. The van der Waals surface area contributed by atoms with Crippen molar-refractivity contribution in [1.29, 1.82) is 0 Å². The van der Waals surface area contributed by atoms with Gasteiger partial charge in [0.2, 0.25) is 0 Å². The zero-order valence-corrected chi connectivity index (χ0v) is 15.0. The quantitative estimate of drug-likeness (QED) is 0.659. The van der Waals surface area contributed by atoms with Gasteiger partial charge < -0.3 is 10.2 Å². The number of nitrogens with one attached hydrogen (secondary N) is 1. The van der Waals surface area contributed by atoms with Gasteiger partial charge in [-0.15, -0.1) is 0 Å². The Morgan fingerprint density at radius 3 is 2.65 bits per heavy atom. The number of thioether (sulfide) groups is 1. The minimum Gasteiger partial charge on any atom is -0.314 e. The van der Waals surface area contributed by atoms with E-state index in [0.717, 1.165) is 17.9 Å². The van der Waals surface area contributed by atoms with Crippen LogP contribution in [0.2, 0.25) is 0 Å². The molecule has 0 heterocycles. The molecular formula is C17H36N2S. The van der Waals surface area contributed by atoms with E-state index in [1.807, 2.05) is 11.8 Å². The summed E-state index contributed by atoms with van der Waals surface area (Å²) in [5.74, 6) is 3.10. The van der Waals surface area contributed by atoms with Gasteiger partial charge in [0.05, 0.1) is 0 Å². The van der Waals surface area contributed by atoms with Crippen molar-refractivity contribution in [2.75, 3.05) is 38.7 Å². The molecule has 1 fully saturated rings. The van der Waals surface area contributed by atoms with Gasteiger partial charge in [0.25, 0.3) is 0 Å². The highest BCUT2D eigenvalue weighted by atomic mass is 32.2. The summed E-state index contributed by atoms with van der Waals surface area (Å²) in [5, 5.41) is 3.81. The molecule has 1 aliphatic carbocycles. The fraction of sp³-hybridized carbons (Fsp3) is 1.00. The molecule has 2 nitrogen and oxygen atoms in total. The van der Waals surface area contributed by atoms with Crippen LogP contribution in [0.25, 0.3) is 0 Å². The molecule has 1 aliphatic rings. The number of rotatable bonds is 10. The third-order valence-corrected chi connectivity index (χ3v) is 5.26. The average molecular weight is 301 g/mol. The van der Waals surface area contributed by atoms with Gasteiger partial charge in [-0.2, -0.15) is 11.8 Å². The van der Waals surface area contributed by atoms with Crippen molar-refractivity contribution >= 4 is 11.8 Å². The van der Waals surface area contributed by atoms with Gasteiger partial charge in [0, 0.05) is 24.9 Å². The maximum atomic E-state index is 3.81. The molecule has 0 saturated heterocycles. The van der Waals surface area contributed by atoms with Gasteiger partial charge in [-0.05, 0) is 57.4 Å². The lowest BCUT2D eigenvalue weighted by atomic mass is 9.76. The Morgan fingerprint density at radius 1 is 1.20 bits per heavy atom. The highest BCUT2D eigenvalue weighted by Gasteiger charge is 2.30. The van der Waals surface area contributed by atoms with Crippen LogP contribution in [-0.2, 0) is 0 Å². The van der Waals surface area contributed by atoms with Gasteiger partial charge in [0.1, 0.15) is 0 Å². The second kappa shape index (κ2) is 10.9. The summed E-state index contributed by atoms with van der Waals surface area (Å²) in [5.41, 5.74) is 0. The molecule has 3 heteroatoms. The monoisotopic (exact) mass is 300 g/mol. The molecule has 0 spiro atoms. The fourth-order valence-corrected chi connectivity index (χ4v) is 4.06. The van der Waals surface area contributed by atoms with Gasteiger partial charge in [-0.3, -0.25) is 0 Å². The van der Waals surface area contributed by atoms with Gasteiger partial charge in [0.15, 0.2) is 0 Å². The molecular weight excluding hydrogens is 264 g/mol. The first-order valence-electron chi connectivity index (χ1n) is 8.62. The van der Waals surface area contributed by atoms with E-state index in [4.69, 9.17) is 0 Å². The maximum absolute atomic E-state index is 3.81. The second-order valence-electron chi connectivity index (χ2n) is 6.54. The number of hydrogen-bond acceptors (Lipinski definition) is 3. The summed E-state index contributed by atoms with van der Waals surface area (Å²) < 4.78 is 0. The van der Waals surface area contributed by atoms with Crippen molar-refractivity contribution in [3.05, 3.63) is 0 Å². The lowest BCUT2D eigenvalue weighted by molar-refractivity contribution is 0.152. The first-order chi connectivity index (χ1) is 9.71. The SMILES string of the molecule is CCCNC1CCC(CCC)CC1CN(C)CCSC. The highest BCUT2D eigenvalue weighted by Crippen LogP contribution is 2.32. The predicted octanol–water partition coefficient (Wildman–Crippen LogP) is 3.87. The number of nitrogens with zero attached hydrogens (tertiary/aromatic N) is 1. The third-order valence-electron chi connectivity index (χ3n) is 4.67. The van der Waals surface area contributed by atoms with Crippen LogP contribution in [0.4, 0.5) is 0 Å². The molecule has 1 saturated carbocycles. The van der Waals surface area contributed by atoms with Crippen LogP contribution in [-0.4, -0.2) is 49.6 Å². The largest absolute Gasteiger partial charge is 0.314 e. The van der Waals surface area contributed by atoms with Crippen molar-refractivity contribution in [2.24, 2.45) is 11.8 Å². The van der Waals surface area contributed by atoms with Crippen LogP contribution in [0.1, 0.15) is 52.4 Å². The molecule has 0 aliphatic heterocycles. The molecule has 0 aromatic heterocycles. The van der Waals surface area contributed by atoms with Crippen molar-refractivity contribution in [2.45, 2.75) is 58.4 Å². The van der Waals surface area contributed by atoms with E-state index in [2.05, 4.69) is 37.4 Å². The Balaban J connectivity index is 2.47. The minimum atomic E-state index is 0.764. The third kappa shape index (κ3) is 6.82. The van der Waals surface area contributed by atoms with E-state index in [-0.39, 0.29) is 0 Å². The minimum absolute atomic E-state index is 0.764. The first kappa shape index (κ1) is 18.3. The molecule has 120 valence electrons. The van der Waals surface area contributed by atoms with Gasteiger partial charge in [-0.25, -0.2) is 0 Å². The fourth-order valence-electron chi connectivity index (χ4n) is 3.57. The molecule has 0 aromatic carbocycles. The van der Waals surface area contributed by atoms with Crippen LogP contribution in [0.5, 0.6) is 0 Å². The Bertz CT molecular complexity index is 235. The summed E-state index contributed by atoms with van der Waals surface area (Å²) in [6.07, 6.45) is 10.5. The molecule has 0 aromatic rings. The van der Waals surface area contributed by atoms with Crippen molar-refractivity contribution in [3.8, 4) is 0 Å². The van der Waals surface area contributed by atoms with Crippen LogP contribution < -0.4 is 5.32 Å². The normalized spacial score (nSPS) is 27.1. The Kier molecular flexibility index (Phi) is 10.0. The van der Waals surface area contributed by atoms with Crippen LogP contribution in [0.15, 0.2) is 0 Å². The molecule has 1 N–H and O–H groups in total. The van der Waals surface area contributed by atoms with E-state index in [1.54, 1.807) is 0 Å². The summed E-state index contributed by atoms with van der Waals surface area (Å²) >= 11 is 1.96. The van der Waals surface area contributed by atoms with Gasteiger partial charge in [-0.1, -0.05) is 26.7 Å². The van der Waals surface area contributed by atoms with E-state index in [1.165, 1.54) is 63.9 Å². The maximum Gasteiger partial charge on any atom is 0.0108 e. The molecule has 20 heavy (non-hydrogen) atoms. The second-order valence-corrected chi connectivity index (χ2v) is 7.53. The summed E-state index contributed by atoms with van der Waals surface area (Å²) in [4.78, 5) is 2.55. The zero-order chi connectivity index (χ0) is 14.8. The summed E-state index contributed by atoms with van der Waals surface area (Å²) in [7, 11) is 2.30. The lowest BCUT2D eigenvalue weighted by Crippen LogP contribution is -2.45. The Morgan fingerprint density at radius 2 is 2.00 bits per heavy atom. The molecule has 1 rings (SSSR count). The number of hydrogen-bond donors (Lipinski definition) is 1. The average Bonchev–Trinajstić information content (AvgIpc) is 2.44. The van der Waals surface area contributed by atoms with Gasteiger partial charge >= 0.3 is 0 Å². The van der Waals surface area contributed by atoms with Crippen LogP contribution in [0.3, 0.4) is 0 Å². The topological polar surface area (TPSA) is 15.3 Å². The first-order valence-corrected chi connectivity index (χ1v) is 10.0. The smallest absolute Gasteiger partial charge is 0.0108 e. The van der Waals surface area contributed by atoms with E-state index < -0.39 is 0 Å². The summed E-state index contributed by atoms with van der Waals surface area (Å²) in [6, 6.07) is 0.764. The highest BCUT2D eigenvalue weighted by molar-refractivity contribution is 7.98. The molecule has 0 radical (unpaired) electrons. The lowest BCUT2D eigenvalue weighted by Gasteiger charge is -2.39. The van der Waals surface area contributed by atoms with Crippen molar-refractivity contribution in [3.63, 3.8) is 0 Å². The molecule has 0 amide bonds. The standard InChI is InChI=1S/C17H36N2S/c1-5-7-15-8-9-17(18-10-6-2)16(13-15)14-19(3)11-12-20-4/h15-18H,5-14H2,1-4H3. The molecule has 3 unspecified atom stereocenters. The van der Waals surface area contributed by atoms with E-state index in [0.29, 0.717) is 0 Å². The van der Waals surface area contributed by atoms with E-state index >= 15 is 0 Å².